The molecule has 0 spiro atoms. The summed E-state index contributed by atoms with van der Waals surface area (Å²) in [5, 5.41) is 3.49. The third kappa shape index (κ3) is 2.58. The summed E-state index contributed by atoms with van der Waals surface area (Å²) in [4.78, 5) is 18.2. The Kier molecular flexibility index (Phi) is 3.79. The lowest BCUT2D eigenvalue weighted by Crippen LogP contribution is -2.13. The number of carbonyl (C=O) groups excluding carboxylic acids is 1. The Hall–Kier alpha value is -2.08. The summed E-state index contributed by atoms with van der Waals surface area (Å²) in [7, 11) is 3.07. The lowest BCUT2D eigenvalue weighted by molar-refractivity contribution is 0.102. The molecule has 110 valence electrons. The van der Waals surface area contributed by atoms with E-state index in [1.807, 2.05) is 0 Å². The predicted molar refractivity (Wildman–Crippen MR) is 81.6 cm³/mol. The fraction of sp³-hybridized carbons (Fsp3) is 0.333. The predicted octanol–water partition coefficient (Wildman–Crippen LogP) is 2.90. The smallest absolute Gasteiger partial charge is 0.261 e. The summed E-state index contributed by atoms with van der Waals surface area (Å²) in [6.07, 6.45) is 3.22. The molecule has 0 saturated heterocycles. The highest BCUT2D eigenvalue weighted by Gasteiger charge is 2.20. The number of anilines is 1. The molecule has 0 unspecified atom stereocenters. The fourth-order valence-corrected chi connectivity index (χ4v) is 3.52. The van der Waals surface area contributed by atoms with Crippen LogP contribution in [0.5, 0.6) is 11.5 Å². The average Bonchev–Trinajstić information content (AvgIpc) is 3.07. The van der Waals surface area contributed by atoms with Gasteiger partial charge in [0.05, 0.1) is 25.5 Å². The summed E-state index contributed by atoms with van der Waals surface area (Å²) in [5.74, 6) is 0.728. The van der Waals surface area contributed by atoms with Gasteiger partial charge in [0.25, 0.3) is 5.91 Å². The van der Waals surface area contributed by atoms with E-state index in [4.69, 9.17) is 9.47 Å². The van der Waals surface area contributed by atoms with Crippen LogP contribution in [0.1, 0.15) is 27.3 Å². The van der Waals surface area contributed by atoms with Gasteiger partial charge in [0.2, 0.25) is 0 Å². The van der Waals surface area contributed by atoms with Crippen LogP contribution in [-0.4, -0.2) is 25.1 Å². The van der Waals surface area contributed by atoms with Crippen molar-refractivity contribution in [2.75, 3.05) is 19.5 Å². The average molecular weight is 304 g/mol. The van der Waals surface area contributed by atoms with Crippen molar-refractivity contribution < 1.29 is 14.3 Å². The molecule has 21 heavy (non-hydrogen) atoms. The van der Waals surface area contributed by atoms with E-state index in [1.165, 1.54) is 12.0 Å². The van der Waals surface area contributed by atoms with Gasteiger partial charge in [0.15, 0.2) is 16.6 Å². The van der Waals surface area contributed by atoms with Gasteiger partial charge < -0.3 is 9.47 Å². The Morgan fingerprint density at radius 3 is 2.86 bits per heavy atom. The van der Waals surface area contributed by atoms with Crippen molar-refractivity contribution in [1.82, 2.24) is 4.98 Å². The van der Waals surface area contributed by atoms with Crippen molar-refractivity contribution in [2.45, 2.75) is 19.3 Å². The van der Waals surface area contributed by atoms with Gasteiger partial charge in [-0.2, -0.15) is 0 Å². The van der Waals surface area contributed by atoms with Gasteiger partial charge in [-0.05, 0) is 31.4 Å². The molecule has 0 atom stereocenters. The Labute approximate surface area is 126 Å². The van der Waals surface area contributed by atoms with Gasteiger partial charge >= 0.3 is 0 Å². The molecule has 1 amide bonds. The number of hydrogen-bond acceptors (Lipinski definition) is 5. The highest BCUT2D eigenvalue weighted by Crippen LogP contribution is 2.33. The van der Waals surface area contributed by atoms with Crippen LogP contribution in [0.2, 0.25) is 0 Å². The molecule has 1 aromatic carbocycles. The number of rotatable bonds is 4. The second kappa shape index (κ2) is 5.73. The first-order valence-electron chi connectivity index (χ1n) is 6.74. The van der Waals surface area contributed by atoms with E-state index in [0.717, 1.165) is 25.0 Å². The lowest BCUT2D eigenvalue weighted by Gasteiger charge is -2.11. The summed E-state index contributed by atoms with van der Waals surface area (Å²) < 4.78 is 10.5. The van der Waals surface area contributed by atoms with Gasteiger partial charge in [0, 0.05) is 4.88 Å². The standard InChI is InChI=1S/C15H16N2O3S/c1-19-11-7-3-5-9(13(11)20-2)14(18)17-15-16-10-6-4-8-12(10)21-15/h3,5,7H,4,6,8H2,1-2H3,(H,16,17,18). The number of nitrogens with one attached hydrogen (secondary N) is 1. The number of carbonyl (C=O) groups is 1. The summed E-state index contributed by atoms with van der Waals surface area (Å²) in [6, 6.07) is 5.23. The van der Waals surface area contributed by atoms with Crippen molar-refractivity contribution in [3.05, 3.63) is 34.3 Å². The van der Waals surface area contributed by atoms with E-state index in [-0.39, 0.29) is 5.91 Å². The summed E-state index contributed by atoms with van der Waals surface area (Å²) >= 11 is 1.55. The van der Waals surface area contributed by atoms with Crippen LogP contribution in [0.3, 0.4) is 0 Å². The number of aryl methyl sites for hydroxylation is 2. The van der Waals surface area contributed by atoms with E-state index < -0.39 is 0 Å². The molecule has 0 fully saturated rings. The van der Waals surface area contributed by atoms with Gasteiger partial charge in [-0.15, -0.1) is 11.3 Å². The van der Waals surface area contributed by atoms with Crippen LogP contribution < -0.4 is 14.8 Å². The largest absolute Gasteiger partial charge is 0.493 e. The third-order valence-electron chi connectivity index (χ3n) is 3.46. The zero-order valence-corrected chi connectivity index (χ0v) is 12.8. The first kappa shape index (κ1) is 13.9. The third-order valence-corrected chi connectivity index (χ3v) is 4.54. The second-order valence-corrected chi connectivity index (χ2v) is 5.82. The number of hydrogen-bond donors (Lipinski definition) is 1. The van der Waals surface area contributed by atoms with Gasteiger partial charge in [0.1, 0.15) is 0 Å². The van der Waals surface area contributed by atoms with E-state index in [0.29, 0.717) is 22.2 Å². The minimum absolute atomic E-state index is 0.238. The maximum atomic E-state index is 12.4. The second-order valence-electron chi connectivity index (χ2n) is 4.74. The highest BCUT2D eigenvalue weighted by molar-refractivity contribution is 7.16. The molecule has 5 nitrogen and oxygen atoms in total. The zero-order valence-electron chi connectivity index (χ0n) is 11.9. The Morgan fingerprint density at radius 1 is 1.29 bits per heavy atom. The summed E-state index contributed by atoms with van der Waals surface area (Å²) in [6.45, 7) is 0. The summed E-state index contributed by atoms with van der Waals surface area (Å²) in [5.41, 5.74) is 1.56. The number of benzene rings is 1. The van der Waals surface area contributed by atoms with E-state index >= 15 is 0 Å². The molecule has 0 saturated carbocycles. The van der Waals surface area contributed by atoms with Crippen LogP contribution in [0.15, 0.2) is 18.2 Å². The monoisotopic (exact) mass is 304 g/mol. The minimum atomic E-state index is -0.238. The molecule has 1 heterocycles. The fourth-order valence-electron chi connectivity index (χ4n) is 2.47. The van der Waals surface area contributed by atoms with Crippen LogP contribution in [0, 0.1) is 0 Å². The van der Waals surface area contributed by atoms with Crippen LogP contribution in [0.4, 0.5) is 5.13 Å². The van der Waals surface area contributed by atoms with Crippen LogP contribution in [0.25, 0.3) is 0 Å². The maximum absolute atomic E-state index is 12.4. The molecule has 3 rings (SSSR count). The topological polar surface area (TPSA) is 60.5 Å². The van der Waals surface area contributed by atoms with Gasteiger partial charge in [-0.3, -0.25) is 10.1 Å². The maximum Gasteiger partial charge on any atom is 0.261 e. The Balaban J connectivity index is 1.84. The van der Waals surface area contributed by atoms with Crippen molar-refractivity contribution in [3.8, 4) is 11.5 Å². The van der Waals surface area contributed by atoms with Gasteiger partial charge in [-0.25, -0.2) is 4.98 Å². The van der Waals surface area contributed by atoms with Crippen molar-refractivity contribution >= 4 is 22.4 Å². The molecular weight excluding hydrogens is 288 g/mol. The van der Waals surface area contributed by atoms with Gasteiger partial charge in [-0.1, -0.05) is 6.07 Å². The van der Waals surface area contributed by atoms with E-state index in [9.17, 15) is 4.79 Å². The molecule has 0 radical (unpaired) electrons. The van der Waals surface area contributed by atoms with Crippen molar-refractivity contribution in [1.29, 1.82) is 0 Å². The van der Waals surface area contributed by atoms with Crippen molar-refractivity contribution in [3.63, 3.8) is 0 Å². The molecule has 1 N–H and O–H groups in total. The zero-order chi connectivity index (χ0) is 14.8. The number of thiazole rings is 1. The molecule has 6 heteroatoms. The first-order valence-corrected chi connectivity index (χ1v) is 7.55. The van der Waals surface area contributed by atoms with E-state index in [2.05, 4.69) is 10.3 Å². The molecule has 1 aliphatic rings. The number of para-hydroxylation sites is 1. The Morgan fingerprint density at radius 2 is 2.14 bits per heavy atom. The minimum Gasteiger partial charge on any atom is -0.493 e. The number of ether oxygens (including phenoxy) is 2. The molecule has 1 aromatic heterocycles. The number of nitrogens with zero attached hydrogens (tertiary/aromatic N) is 1. The molecule has 0 bridgehead atoms. The number of aromatic nitrogens is 1. The molecule has 2 aromatic rings. The van der Waals surface area contributed by atoms with Crippen LogP contribution >= 0.6 is 11.3 Å². The molecular formula is C15H16N2O3S. The van der Waals surface area contributed by atoms with E-state index in [1.54, 1.807) is 36.6 Å². The first-order chi connectivity index (χ1) is 10.2. The molecule has 0 aliphatic heterocycles. The lowest BCUT2D eigenvalue weighted by atomic mass is 10.1. The van der Waals surface area contributed by atoms with Crippen LogP contribution in [-0.2, 0) is 12.8 Å². The quantitative estimate of drug-likeness (QED) is 0.943. The number of fused-ring (bicyclic) bond motifs is 1. The molecule has 1 aliphatic carbocycles. The number of methoxy groups -OCH3 is 2. The number of amides is 1. The van der Waals surface area contributed by atoms with Crippen molar-refractivity contribution in [2.24, 2.45) is 0 Å². The Bertz CT molecular complexity index is 660. The normalized spacial score (nSPS) is 12.9. The highest BCUT2D eigenvalue weighted by atomic mass is 32.1. The SMILES string of the molecule is COc1cccc(C(=O)Nc2nc3c(s2)CCC3)c1OC.